The maximum Gasteiger partial charge on any atom is 0.253 e. The monoisotopic (exact) mass is 249 g/mol. The standard InChI is InChI=1S/C13H19N3O2/c1-2-3-4-8-15-12(17)10-16-13(18)11-6-5-7-14-9-11/h5-7,9H,2-4,8,10H2,1H3,(H,15,17)(H,16,18). The second-order valence-corrected chi connectivity index (χ2v) is 3.98. The number of carbonyl (C=O) groups is 2. The SMILES string of the molecule is CCCCCNC(=O)CNC(=O)c1cccnc1. The van der Waals surface area contributed by atoms with Gasteiger partial charge in [0.25, 0.3) is 5.91 Å². The summed E-state index contributed by atoms with van der Waals surface area (Å²) in [6, 6.07) is 3.33. The van der Waals surface area contributed by atoms with Gasteiger partial charge in [-0.1, -0.05) is 19.8 Å². The van der Waals surface area contributed by atoms with Crippen LogP contribution in [0, 0.1) is 0 Å². The second-order valence-electron chi connectivity index (χ2n) is 3.98. The molecule has 1 aromatic rings. The number of amides is 2. The Bertz CT molecular complexity index is 379. The van der Waals surface area contributed by atoms with Crippen molar-refractivity contribution in [3.05, 3.63) is 30.1 Å². The average molecular weight is 249 g/mol. The summed E-state index contributed by atoms with van der Waals surface area (Å²) in [5.74, 6) is -0.449. The topological polar surface area (TPSA) is 71.1 Å². The molecule has 2 N–H and O–H groups in total. The Kier molecular flexibility index (Phi) is 6.46. The first-order valence-electron chi connectivity index (χ1n) is 6.19. The fourth-order valence-electron chi connectivity index (χ4n) is 1.43. The molecule has 0 aliphatic heterocycles. The number of rotatable bonds is 7. The summed E-state index contributed by atoms with van der Waals surface area (Å²) < 4.78 is 0. The predicted molar refractivity (Wildman–Crippen MR) is 69.1 cm³/mol. The summed E-state index contributed by atoms with van der Waals surface area (Å²) in [6.45, 7) is 2.77. The van der Waals surface area contributed by atoms with Crippen LogP contribution in [0.3, 0.4) is 0 Å². The van der Waals surface area contributed by atoms with Gasteiger partial charge in [-0.3, -0.25) is 14.6 Å². The first-order valence-corrected chi connectivity index (χ1v) is 6.19. The molecule has 98 valence electrons. The highest BCUT2D eigenvalue weighted by Crippen LogP contribution is 1.94. The fraction of sp³-hybridized carbons (Fsp3) is 0.462. The van der Waals surface area contributed by atoms with Crippen LogP contribution in [0.5, 0.6) is 0 Å². The maximum absolute atomic E-state index is 11.6. The van der Waals surface area contributed by atoms with Gasteiger partial charge in [-0.2, -0.15) is 0 Å². The summed E-state index contributed by atoms with van der Waals surface area (Å²) in [6.07, 6.45) is 6.25. The van der Waals surface area contributed by atoms with Gasteiger partial charge in [0, 0.05) is 18.9 Å². The van der Waals surface area contributed by atoms with Crippen molar-refractivity contribution in [3.8, 4) is 0 Å². The highest BCUT2D eigenvalue weighted by molar-refractivity contribution is 5.96. The highest BCUT2D eigenvalue weighted by atomic mass is 16.2. The van der Waals surface area contributed by atoms with E-state index in [0.29, 0.717) is 12.1 Å². The Morgan fingerprint density at radius 1 is 1.28 bits per heavy atom. The maximum atomic E-state index is 11.6. The van der Waals surface area contributed by atoms with Gasteiger partial charge >= 0.3 is 0 Å². The molecular formula is C13H19N3O2. The Hall–Kier alpha value is -1.91. The van der Waals surface area contributed by atoms with Crippen molar-refractivity contribution in [2.75, 3.05) is 13.1 Å². The summed E-state index contributed by atoms with van der Waals surface area (Å²) in [4.78, 5) is 26.8. The zero-order valence-corrected chi connectivity index (χ0v) is 10.6. The lowest BCUT2D eigenvalue weighted by atomic mass is 10.2. The van der Waals surface area contributed by atoms with Crippen molar-refractivity contribution < 1.29 is 9.59 Å². The number of nitrogens with zero attached hydrogens (tertiary/aromatic N) is 1. The first kappa shape index (κ1) is 14.2. The zero-order valence-electron chi connectivity index (χ0n) is 10.6. The van der Waals surface area contributed by atoms with Crippen molar-refractivity contribution in [1.29, 1.82) is 0 Å². The van der Waals surface area contributed by atoms with E-state index in [9.17, 15) is 9.59 Å². The van der Waals surface area contributed by atoms with E-state index in [2.05, 4.69) is 22.5 Å². The molecule has 0 radical (unpaired) electrons. The van der Waals surface area contributed by atoms with E-state index in [4.69, 9.17) is 0 Å². The number of unbranched alkanes of at least 4 members (excludes halogenated alkanes) is 2. The van der Waals surface area contributed by atoms with Crippen molar-refractivity contribution in [2.45, 2.75) is 26.2 Å². The van der Waals surface area contributed by atoms with E-state index in [1.807, 2.05) is 0 Å². The van der Waals surface area contributed by atoms with Crippen LogP contribution < -0.4 is 10.6 Å². The third kappa shape index (κ3) is 5.43. The van der Waals surface area contributed by atoms with Crippen molar-refractivity contribution in [2.24, 2.45) is 0 Å². The lowest BCUT2D eigenvalue weighted by Gasteiger charge is -2.06. The van der Waals surface area contributed by atoms with E-state index in [1.165, 1.54) is 6.20 Å². The molecule has 5 heteroatoms. The van der Waals surface area contributed by atoms with Gasteiger partial charge in [-0.25, -0.2) is 0 Å². The fourth-order valence-corrected chi connectivity index (χ4v) is 1.43. The van der Waals surface area contributed by atoms with Crippen LogP contribution in [-0.2, 0) is 4.79 Å². The van der Waals surface area contributed by atoms with Crippen LogP contribution in [0.15, 0.2) is 24.5 Å². The van der Waals surface area contributed by atoms with Crippen LogP contribution >= 0.6 is 0 Å². The van der Waals surface area contributed by atoms with E-state index in [-0.39, 0.29) is 18.4 Å². The average Bonchev–Trinajstić information content (AvgIpc) is 2.42. The van der Waals surface area contributed by atoms with E-state index in [0.717, 1.165) is 19.3 Å². The number of nitrogens with one attached hydrogen (secondary N) is 2. The molecule has 18 heavy (non-hydrogen) atoms. The molecule has 1 heterocycles. The minimum absolute atomic E-state index is 0.000146. The zero-order chi connectivity index (χ0) is 13.2. The lowest BCUT2D eigenvalue weighted by molar-refractivity contribution is -0.120. The van der Waals surface area contributed by atoms with Crippen LogP contribution in [0.25, 0.3) is 0 Å². The first-order chi connectivity index (χ1) is 8.74. The number of hydrogen-bond acceptors (Lipinski definition) is 3. The van der Waals surface area contributed by atoms with Gasteiger partial charge < -0.3 is 10.6 Å². The summed E-state index contributed by atoms with van der Waals surface area (Å²) in [7, 11) is 0. The Balaban J connectivity index is 2.20. The third-order valence-electron chi connectivity index (χ3n) is 2.44. The van der Waals surface area contributed by atoms with Gasteiger partial charge in [-0.15, -0.1) is 0 Å². The number of hydrogen-bond donors (Lipinski definition) is 2. The number of pyridine rings is 1. The van der Waals surface area contributed by atoms with E-state index >= 15 is 0 Å². The summed E-state index contributed by atoms with van der Waals surface area (Å²) >= 11 is 0. The Morgan fingerprint density at radius 2 is 2.11 bits per heavy atom. The quantitative estimate of drug-likeness (QED) is 0.711. The van der Waals surface area contributed by atoms with Crippen molar-refractivity contribution in [3.63, 3.8) is 0 Å². The predicted octanol–water partition coefficient (Wildman–Crippen LogP) is 1.12. The minimum Gasteiger partial charge on any atom is -0.355 e. The smallest absolute Gasteiger partial charge is 0.253 e. The van der Waals surface area contributed by atoms with Crippen molar-refractivity contribution in [1.82, 2.24) is 15.6 Å². The molecule has 0 fully saturated rings. The molecule has 0 bridgehead atoms. The highest BCUT2D eigenvalue weighted by Gasteiger charge is 2.06. The molecule has 0 aromatic carbocycles. The molecule has 1 aromatic heterocycles. The van der Waals surface area contributed by atoms with Gasteiger partial charge in [0.05, 0.1) is 12.1 Å². The summed E-state index contributed by atoms with van der Waals surface area (Å²) in [5.41, 5.74) is 0.455. The van der Waals surface area contributed by atoms with Gasteiger partial charge in [0.2, 0.25) is 5.91 Å². The van der Waals surface area contributed by atoms with Crippen LogP contribution in [-0.4, -0.2) is 29.9 Å². The molecule has 0 aliphatic carbocycles. The van der Waals surface area contributed by atoms with Crippen molar-refractivity contribution >= 4 is 11.8 Å². The minimum atomic E-state index is -0.285. The normalized spacial score (nSPS) is 9.83. The molecule has 0 atom stereocenters. The molecule has 0 saturated carbocycles. The number of aromatic nitrogens is 1. The molecule has 5 nitrogen and oxygen atoms in total. The van der Waals surface area contributed by atoms with Gasteiger partial charge in [-0.05, 0) is 18.6 Å². The van der Waals surface area contributed by atoms with Crippen LogP contribution in [0.1, 0.15) is 36.5 Å². The molecule has 0 unspecified atom stereocenters. The largest absolute Gasteiger partial charge is 0.355 e. The molecule has 0 aliphatic rings. The molecule has 0 saturated heterocycles. The lowest BCUT2D eigenvalue weighted by Crippen LogP contribution is -2.37. The Labute approximate surface area is 107 Å². The molecular weight excluding hydrogens is 230 g/mol. The van der Waals surface area contributed by atoms with Crippen LogP contribution in [0.2, 0.25) is 0 Å². The van der Waals surface area contributed by atoms with E-state index < -0.39 is 0 Å². The third-order valence-corrected chi connectivity index (χ3v) is 2.44. The molecule has 0 spiro atoms. The number of carbonyl (C=O) groups excluding carboxylic acids is 2. The van der Waals surface area contributed by atoms with Crippen LogP contribution in [0.4, 0.5) is 0 Å². The van der Waals surface area contributed by atoms with E-state index in [1.54, 1.807) is 18.3 Å². The second kappa shape index (κ2) is 8.22. The Morgan fingerprint density at radius 3 is 2.78 bits per heavy atom. The molecule has 1 rings (SSSR count). The molecule has 2 amide bonds. The van der Waals surface area contributed by atoms with Gasteiger partial charge in [0.15, 0.2) is 0 Å². The summed E-state index contributed by atoms with van der Waals surface area (Å²) in [5, 5.41) is 5.30. The van der Waals surface area contributed by atoms with Gasteiger partial charge in [0.1, 0.15) is 0 Å².